The number of amides is 1. The van der Waals surface area contributed by atoms with E-state index in [1.54, 1.807) is 23.0 Å². The second-order valence-corrected chi connectivity index (χ2v) is 7.22. The Kier molecular flexibility index (Phi) is 5.22. The Hall–Kier alpha value is -2.06. The molecule has 2 aromatic rings. The van der Waals surface area contributed by atoms with Crippen LogP contribution < -0.4 is 0 Å². The minimum atomic E-state index is -5.01. The maximum absolute atomic E-state index is 12.9. The van der Waals surface area contributed by atoms with Gasteiger partial charge in [-0.2, -0.15) is 18.3 Å². The van der Waals surface area contributed by atoms with Crippen LogP contribution in [0.25, 0.3) is 5.69 Å². The molecule has 1 aliphatic rings. The number of rotatable bonds is 3. The van der Waals surface area contributed by atoms with Crippen LogP contribution in [-0.2, 0) is 4.79 Å². The Morgan fingerprint density at radius 2 is 1.78 bits per heavy atom. The number of carbonyl (C=O) groups excluding carboxylic acids is 1. The maximum atomic E-state index is 12.9. The number of benzene rings is 1. The fourth-order valence-electron chi connectivity index (χ4n) is 3.23. The number of likely N-dealkylation sites (tertiary alicyclic amines) is 1. The molecule has 1 aromatic carbocycles. The van der Waals surface area contributed by atoms with Gasteiger partial charge in [-0.1, -0.05) is 11.6 Å². The highest BCUT2D eigenvalue weighted by atomic mass is 35.5. The van der Waals surface area contributed by atoms with Crippen molar-refractivity contribution >= 4 is 17.5 Å². The molecule has 1 unspecified atom stereocenters. The van der Waals surface area contributed by atoms with Crippen molar-refractivity contribution in [2.24, 2.45) is 0 Å². The third-order valence-electron chi connectivity index (χ3n) is 4.91. The van der Waals surface area contributed by atoms with Crippen LogP contribution in [0.1, 0.15) is 31.4 Å². The zero-order valence-electron chi connectivity index (χ0n) is 14.6. The summed E-state index contributed by atoms with van der Waals surface area (Å²) in [5.41, 5.74) is -1.62. The Morgan fingerprint density at radius 3 is 2.33 bits per heavy atom. The fourth-order valence-corrected chi connectivity index (χ4v) is 3.35. The van der Waals surface area contributed by atoms with Crippen LogP contribution in [0.5, 0.6) is 0 Å². The number of carbonyl (C=O) groups is 1. The van der Waals surface area contributed by atoms with E-state index in [0.29, 0.717) is 24.8 Å². The molecule has 1 N–H and O–H groups in total. The summed E-state index contributed by atoms with van der Waals surface area (Å²) in [4.78, 5) is 13.2. The van der Waals surface area contributed by atoms with Crippen molar-refractivity contribution in [2.75, 3.05) is 13.1 Å². The average Bonchev–Trinajstić information content (AvgIpc) is 3.10. The summed E-state index contributed by atoms with van der Waals surface area (Å²) < 4.78 is 40.4. The van der Waals surface area contributed by atoms with E-state index in [0.717, 1.165) is 16.3 Å². The number of alkyl halides is 3. The number of aromatic nitrogens is 2. The van der Waals surface area contributed by atoms with E-state index in [1.807, 2.05) is 18.2 Å². The molecule has 0 bridgehead atoms. The third kappa shape index (κ3) is 3.82. The molecule has 5 nitrogen and oxygen atoms in total. The lowest BCUT2D eigenvalue weighted by atomic mass is 9.92. The Balaban J connectivity index is 1.71. The van der Waals surface area contributed by atoms with Gasteiger partial charge in [0.25, 0.3) is 5.91 Å². The molecular formula is C18H19ClF3N3O2. The van der Waals surface area contributed by atoms with E-state index >= 15 is 0 Å². The molecule has 1 aromatic heterocycles. The van der Waals surface area contributed by atoms with Gasteiger partial charge in [-0.3, -0.25) is 4.79 Å². The summed E-state index contributed by atoms with van der Waals surface area (Å²) in [7, 11) is 0. The summed E-state index contributed by atoms with van der Waals surface area (Å²) in [6, 6.07) is 9.03. The van der Waals surface area contributed by atoms with Gasteiger partial charge in [-0.15, -0.1) is 0 Å². The third-order valence-corrected chi connectivity index (χ3v) is 5.16. The monoisotopic (exact) mass is 401 g/mol. The minimum Gasteiger partial charge on any atom is -0.373 e. The van der Waals surface area contributed by atoms with Gasteiger partial charge in [0.1, 0.15) is 0 Å². The van der Waals surface area contributed by atoms with Crippen LogP contribution in [0.3, 0.4) is 0 Å². The van der Waals surface area contributed by atoms with E-state index in [-0.39, 0.29) is 19.0 Å². The second-order valence-electron chi connectivity index (χ2n) is 6.78. The number of hydrogen-bond acceptors (Lipinski definition) is 3. The van der Waals surface area contributed by atoms with E-state index < -0.39 is 17.7 Å². The van der Waals surface area contributed by atoms with Crippen molar-refractivity contribution in [3.05, 3.63) is 47.2 Å². The molecular weight excluding hydrogens is 383 g/mol. The SMILES string of the molecule is CC(O)(C(=O)N1CCC(c2ccnn2-c2ccc(Cl)cc2)CC1)C(F)(F)F. The Morgan fingerprint density at radius 1 is 1.19 bits per heavy atom. The highest BCUT2D eigenvalue weighted by Gasteiger charge is 2.57. The standard InChI is InChI=1S/C18H19ClF3N3O2/c1-17(27,18(20,21)22)16(26)24-10-7-12(8-11-24)15-6-9-23-25(15)14-4-2-13(19)3-5-14/h2-6,9,12,27H,7-8,10-11H2,1H3. The molecule has 0 aliphatic carbocycles. The largest absolute Gasteiger partial charge is 0.426 e. The van der Waals surface area contributed by atoms with Crippen molar-refractivity contribution in [3.8, 4) is 5.69 Å². The van der Waals surface area contributed by atoms with E-state index in [4.69, 9.17) is 11.6 Å². The maximum Gasteiger partial charge on any atom is 0.426 e. The van der Waals surface area contributed by atoms with Gasteiger partial charge in [-0.25, -0.2) is 4.68 Å². The summed E-state index contributed by atoms with van der Waals surface area (Å²) in [6.07, 6.45) is -2.37. The first-order valence-electron chi connectivity index (χ1n) is 8.49. The van der Waals surface area contributed by atoms with Gasteiger partial charge in [0.15, 0.2) is 0 Å². The van der Waals surface area contributed by atoms with Crippen LogP contribution in [0.4, 0.5) is 13.2 Å². The highest BCUT2D eigenvalue weighted by molar-refractivity contribution is 6.30. The Bertz CT molecular complexity index is 810. The van der Waals surface area contributed by atoms with E-state index in [2.05, 4.69) is 5.10 Å². The lowest BCUT2D eigenvalue weighted by Gasteiger charge is -2.36. The summed E-state index contributed by atoms with van der Waals surface area (Å²) in [6.45, 7) is 0.778. The van der Waals surface area contributed by atoms with Crippen molar-refractivity contribution < 1.29 is 23.1 Å². The molecule has 1 saturated heterocycles. The molecule has 27 heavy (non-hydrogen) atoms. The average molecular weight is 402 g/mol. The summed E-state index contributed by atoms with van der Waals surface area (Å²) >= 11 is 5.91. The van der Waals surface area contributed by atoms with Crippen LogP contribution >= 0.6 is 11.6 Å². The van der Waals surface area contributed by atoms with Gasteiger partial charge in [0.2, 0.25) is 5.60 Å². The van der Waals surface area contributed by atoms with Gasteiger partial charge >= 0.3 is 6.18 Å². The van der Waals surface area contributed by atoms with Crippen LogP contribution in [0, 0.1) is 0 Å². The topological polar surface area (TPSA) is 58.4 Å². The first-order chi connectivity index (χ1) is 12.6. The van der Waals surface area contributed by atoms with E-state index in [1.165, 1.54) is 0 Å². The zero-order chi connectivity index (χ0) is 19.8. The molecule has 1 atom stereocenters. The number of halogens is 4. The van der Waals surface area contributed by atoms with Crippen molar-refractivity contribution in [3.63, 3.8) is 0 Å². The summed E-state index contributed by atoms with van der Waals surface area (Å²) in [5, 5.41) is 14.5. The molecule has 0 radical (unpaired) electrons. The quantitative estimate of drug-likeness (QED) is 0.855. The zero-order valence-corrected chi connectivity index (χ0v) is 15.3. The highest BCUT2D eigenvalue weighted by Crippen LogP contribution is 2.35. The van der Waals surface area contributed by atoms with Gasteiger partial charge < -0.3 is 10.0 Å². The van der Waals surface area contributed by atoms with Crippen LogP contribution in [0.15, 0.2) is 36.5 Å². The lowest BCUT2D eigenvalue weighted by molar-refractivity contribution is -0.250. The Labute approximate surface area is 159 Å². The molecule has 1 fully saturated rings. The lowest BCUT2D eigenvalue weighted by Crippen LogP contribution is -2.57. The molecule has 3 rings (SSSR count). The van der Waals surface area contributed by atoms with Crippen LogP contribution in [0.2, 0.25) is 5.02 Å². The normalized spacial score (nSPS) is 18.4. The molecule has 0 saturated carbocycles. The second kappa shape index (κ2) is 7.16. The fraction of sp³-hybridized carbons (Fsp3) is 0.444. The molecule has 0 spiro atoms. The first kappa shape index (κ1) is 19.7. The van der Waals surface area contributed by atoms with Gasteiger partial charge in [-0.05, 0) is 50.1 Å². The smallest absolute Gasteiger partial charge is 0.373 e. The number of aliphatic hydroxyl groups is 1. The molecule has 1 aliphatic heterocycles. The molecule has 9 heteroatoms. The predicted molar refractivity (Wildman–Crippen MR) is 93.8 cm³/mol. The predicted octanol–water partition coefficient (Wildman–Crippen LogP) is 3.55. The van der Waals surface area contributed by atoms with Crippen LogP contribution in [-0.4, -0.2) is 50.6 Å². The number of piperidine rings is 1. The molecule has 2 heterocycles. The molecule has 1 amide bonds. The number of nitrogens with zero attached hydrogens (tertiary/aromatic N) is 3. The summed E-state index contributed by atoms with van der Waals surface area (Å²) in [5.74, 6) is -1.26. The van der Waals surface area contributed by atoms with Gasteiger partial charge in [0.05, 0.1) is 5.69 Å². The first-order valence-corrected chi connectivity index (χ1v) is 8.87. The van der Waals surface area contributed by atoms with Crippen molar-refractivity contribution in [1.82, 2.24) is 14.7 Å². The van der Waals surface area contributed by atoms with E-state index in [9.17, 15) is 23.1 Å². The minimum absolute atomic E-state index is 0.0445. The van der Waals surface area contributed by atoms with Crippen molar-refractivity contribution in [2.45, 2.75) is 37.5 Å². The van der Waals surface area contributed by atoms with Crippen molar-refractivity contribution in [1.29, 1.82) is 0 Å². The number of hydrogen-bond donors (Lipinski definition) is 1. The van der Waals surface area contributed by atoms with Gasteiger partial charge in [0, 0.05) is 35.9 Å². The molecule has 146 valence electrons.